The fourth-order valence-corrected chi connectivity index (χ4v) is 3.53. The first kappa shape index (κ1) is 19.9. The minimum absolute atomic E-state index is 0.125. The van der Waals surface area contributed by atoms with Gasteiger partial charge in [0.05, 0.1) is 0 Å². The van der Waals surface area contributed by atoms with E-state index < -0.39 is 0 Å². The van der Waals surface area contributed by atoms with Gasteiger partial charge in [0.25, 0.3) is 0 Å². The second-order valence-electron chi connectivity index (χ2n) is 9.52. The number of aromatic hydroxyl groups is 3. The second-order valence-corrected chi connectivity index (χ2v) is 9.52. The van der Waals surface area contributed by atoms with Crippen LogP contribution in [0, 0.1) is 10.8 Å². The summed E-state index contributed by atoms with van der Waals surface area (Å²) in [5.74, 6) is -0.708. The molecule has 1 aromatic rings. The number of benzene rings is 1. The average Bonchev–Trinajstić information content (AvgIpc) is 3.25. The van der Waals surface area contributed by atoms with Gasteiger partial charge in [-0.1, -0.05) is 40.5 Å². The van der Waals surface area contributed by atoms with Crippen molar-refractivity contribution in [2.75, 3.05) is 0 Å². The molecule has 142 valence electrons. The summed E-state index contributed by atoms with van der Waals surface area (Å²) in [6.07, 6.45) is 11.1. The third-order valence-corrected chi connectivity index (χ3v) is 5.63. The maximum Gasteiger partial charge on any atom is 0.200 e. The number of unbranched alkanes of at least 4 members (excludes halogenated alkanes) is 2. The molecule has 2 rings (SSSR count). The van der Waals surface area contributed by atoms with Crippen LogP contribution in [0.2, 0.25) is 0 Å². The lowest BCUT2D eigenvalue weighted by Crippen LogP contribution is -2.05. The Morgan fingerprint density at radius 1 is 0.920 bits per heavy atom. The minimum Gasteiger partial charge on any atom is -0.504 e. The molecule has 1 saturated carbocycles. The van der Waals surface area contributed by atoms with Crippen LogP contribution in [-0.4, -0.2) is 15.3 Å². The molecule has 0 saturated heterocycles. The van der Waals surface area contributed by atoms with Crippen LogP contribution in [0.25, 0.3) is 0 Å². The average molecular weight is 349 g/mol. The standard InChI is InChI=1S/C22H36O3/c1-21(2,3)11-7-6-10-17-16(15-18(23)20(25)19(17)24)9-5-8-12-22(4)13-14-22/h15,23-25H,5-14H2,1-4H3. The Kier molecular flexibility index (Phi) is 6.29. The van der Waals surface area contributed by atoms with E-state index in [0.717, 1.165) is 49.7 Å². The van der Waals surface area contributed by atoms with Crippen LogP contribution < -0.4 is 0 Å². The largest absolute Gasteiger partial charge is 0.504 e. The van der Waals surface area contributed by atoms with E-state index in [0.29, 0.717) is 10.8 Å². The summed E-state index contributed by atoms with van der Waals surface area (Å²) in [6, 6.07) is 1.65. The van der Waals surface area contributed by atoms with E-state index in [9.17, 15) is 15.3 Å². The summed E-state index contributed by atoms with van der Waals surface area (Å²) in [7, 11) is 0. The summed E-state index contributed by atoms with van der Waals surface area (Å²) < 4.78 is 0. The highest BCUT2D eigenvalue weighted by Crippen LogP contribution is 2.49. The lowest BCUT2D eigenvalue weighted by atomic mass is 9.88. The molecule has 3 heteroatoms. The Morgan fingerprint density at radius 3 is 2.16 bits per heavy atom. The molecule has 3 N–H and O–H groups in total. The van der Waals surface area contributed by atoms with E-state index in [1.807, 2.05) is 0 Å². The molecule has 0 radical (unpaired) electrons. The highest BCUT2D eigenvalue weighted by Gasteiger charge is 2.35. The van der Waals surface area contributed by atoms with Crippen LogP contribution in [0.1, 0.15) is 90.2 Å². The highest BCUT2D eigenvalue weighted by atomic mass is 16.3. The Labute approximate surface area is 153 Å². The number of hydrogen-bond donors (Lipinski definition) is 3. The fraction of sp³-hybridized carbons (Fsp3) is 0.727. The zero-order chi connectivity index (χ0) is 18.7. The van der Waals surface area contributed by atoms with E-state index in [1.54, 1.807) is 6.07 Å². The molecular weight excluding hydrogens is 312 g/mol. The summed E-state index contributed by atoms with van der Waals surface area (Å²) in [5.41, 5.74) is 2.71. The van der Waals surface area contributed by atoms with Crippen molar-refractivity contribution in [1.29, 1.82) is 0 Å². The maximum absolute atomic E-state index is 10.3. The monoisotopic (exact) mass is 348 g/mol. The van der Waals surface area contributed by atoms with E-state index >= 15 is 0 Å². The number of rotatable bonds is 9. The Balaban J connectivity index is 1.95. The SMILES string of the molecule is CC(C)(C)CCCCc1c(CCCCC2(C)CC2)cc(O)c(O)c1O. The highest BCUT2D eigenvalue weighted by molar-refractivity contribution is 5.57. The third-order valence-electron chi connectivity index (χ3n) is 5.63. The summed E-state index contributed by atoms with van der Waals surface area (Å²) >= 11 is 0. The van der Waals surface area contributed by atoms with Crippen molar-refractivity contribution in [3.05, 3.63) is 17.2 Å². The third kappa shape index (κ3) is 6.13. The van der Waals surface area contributed by atoms with Gasteiger partial charge in [-0.15, -0.1) is 0 Å². The lowest BCUT2D eigenvalue weighted by Gasteiger charge is -2.18. The number of phenolic OH excluding ortho intramolecular Hbond substituents is 3. The molecule has 0 aromatic heterocycles. The number of phenols is 3. The van der Waals surface area contributed by atoms with Crippen molar-refractivity contribution >= 4 is 0 Å². The molecule has 0 amide bonds. The molecule has 1 fully saturated rings. The van der Waals surface area contributed by atoms with Crippen LogP contribution in [-0.2, 0) is 12.8 Å². The van der Waals surface area contributed by atoms with Gasteiger partial charge in [-0.05, 0) is 73.8 Å². The Hall–Kier alpha value is -1.38. The van der Waals surface area contributed by atoms with Crippen LogP contribution >= 0.6 is 0 Å². The van der Waals surface area contributed by atoms with Crippen molar-refractivity contribution in [1.82, 2.24) is 0 Å². The van der Waals surface area contributed by atoms with E-state index in [2.05, 4.69) is 27.7 Å². The molecule has 0 unspecified atom stereocenters. The van der Waals surface area contributed by atoms with Gasteiger partial charge in [0, 0.05) is 5.56 Å². The molecule has 3 nitrogen and oxygen atoms in total. The van der Waals surface area contributed by atoms with Crippen LogP contribution in [0.5, 0.6) is 17.2 Å². The van der Waals surface area contributed by atoms with E-state index in [4.69, 9.17) is 0 Å². The van der Waals surface area contributed by atoms with Gasteiger partial charge < -0.3 is 15.3 Å². The van der Waals surface area contributed by atoms with Crippen molar-refractivity contribution in [2.45, 2.75) is 91.9 Å². The molecule has 0 heterocycles. The molecule has 25 heavy (non-hydrogen) atoms. The molecule has 1 aromatic carbocycles. The predicted molar refractivity (Wildman–Crippen MR) is 103 cm³/mol. The van der Waals surface area contributed by atoms with Gasteiger partial charge in [-0.3, -0.25) is 0 Å². The van der Waals surface area contributed by atoms with Crippen LogP contribution in [0.4, 0.5) is 0 Å². The van der Waals surface area contributed by atoms with E-state index in [1.165, 1.54) is 25.7 Å². The Bertz CT molecular complexity index is 580. The molecule has 0 atom stereocenters. The van der Waals surface area contributed by atoms with Gasteiger partial charge in [-0.2, -0.15) is 0 Å². The van der Waals surface area contributed by atoms with Crippen molar-refractivity contribution in [2.24, 2.45) is 10.8 Å². The fourth-order valence-electron chi connectivity index (χ4n) is 3.53. The first-order valence-electron chi connectivity index (χ1n) is 9.87. The minimum atomic E-state index is -0.375. The smallest absolute Gasteiger partial charge is 0.200 e. The lowest BCUT2D eigenvalue weighted by molar-refractivity contribution is 0.354. The van der Waals surface area contributed by atoms with Crippen molar-refractivity contribution in [3.63, 3.8) is 0 Å². The van der Waals surface area contributed by atoms with Gasteiger partial charge >= 0.3 is 0 Å². The number of aryl methyl sites for hydroxylation is 1. The van der Waals surface area contributed by atoms with Crippen molar-refractivity contribution in [3.8, 4) is 17.2 Å². The predicted octanol–water partition coefficient (Wildman–Crippen LogP) is 6.08. The molecule has 1 aliphatic carbocycles. The molecule has 1 aliphatic rings. The normalized spacial score (nSPS) is 16.2. The zero-order valence-electron chi connectivity index (χ0n) is 16.5. The van der Waals surface area contributed by atoms with Crippen LogP contribution in [0.3, 0.4) is 0 Å². The topological polar surface area (TPSA) is 60.7 Å². The molecule has 0 aliphatic heterocycles. The molecular formula is C22H36O3. The number of hydrogen-bond acceptors (Lipinski definition) is 3. The van der Waals surface area contributed by atoms with Gasteiger partial charge in [0.1, 0.15) is 0 Å². The summed E-state index contributed by atoms with van der Waals surface area (Å²) in [4.78, 5) is 0. The van der Waals surface area contributed by atoms with Gasteiger partial charge in [0.2, 0.25) is 5.75 Å². The first-order valence-corrected chi connectivity index (χ1v) is 9.87. The maximum atomic E-state index is 10.3. The molecule has 0 spiro atoms. The van der Waals surface area contributed by atoms with E-state index in [-0.39, 0.29) is 17.2 Å². The summed E-state index contributed by atoms with van der Waals surface area (Å²) in [6.45, 7) is 9.07. The molecule has 0 bridgehead atoms. The Morgan fingerprint density at radius 2 is 1.56 bits per heavy atom. The van der Waals surface area contributed by atoms with Crippen molar-refractivity contribution < 1.29 is 15.3 Å². The summed E-state index contributed by atoms with van der Waals surface area (Å²) in [5, 5.41) is 30.1. The van der Waals surface area contributed by atoms with Gasteiger partial charge in [0.15, 0.2) is 11.5 Å². The zero-order valence-corrected chi connectivity index (χ0v) is 16.5. The van der Waals surface area contributed by atoms with Crippen LogP contribution in [0.15, 0.2) is 6.07 Å². The quantitative estimate of drug-likeness (QED) is 0.374. The second kappa shape index (κ2) is 7.88. The first-order chi connectivity index (χ1) is 11.6. The van der Waals surface area contributed by atoms with Gasteiger partial charge in [-0.25, -0.2) is 0 Å².